The van der Waals surface area contributed by atoms with Crippen LogP contribution in [-0.4, -0.2) is 48.1 Å². The van der Waals surface area contributed by atoms with E-state index in [4.69, 9.17) is 19.3 Å². The molecule has 0 radical (unpaired) electrons. The van der Waals surface area contributed by atoms with Crippen LogP contribution in [0.4, 0.5) is 5.69 Å². The summed E-state index contributed by atoms with van der Waals surface area (Å²) in [5.41, 5.74) is 3.34. The van der Waals surface area contributed by atoms with Crippen molar-refractivity contribution in [1.82, 2.24) is 10.2 Å². The van der Waals surface area contributed by atoms with Crippen molar-refractivity contribution in [3.8, 4) is 28.4 Å². The lowest BCUT2D eigenvalue weighted by Crippen LogP contribution is -2.32. The van der Waals surface area contributed by atoms with Crippen LogP contribution in [0.25, 0.3) is 11.1 Å². The molecule has 0 aliphatic carbocycles. The number of fused-ring (bicyclic) bond motifs is 1. The molecule has 0 unspecified atom stereocenters. The highest BCUT2D eigenvalue weighted by Gasteiger charge is 2.27. The molecule has 3 N–H and O–H groups in total. The van der Waals surface area contributed by atoms with E-state index in [9.17, 15) is 4.79 Å². The molecule has 8 nitrogen and oxygen atoms in total. The highest BCUT2D eigenvalue weighted by Crippen LogP contribution is 2.34. The number of hydrogen-bond acceptors (Lipinski definition) is 6. The van der Waals surface area contributed by atoms with Crippen LogP contribution in [0.1, 0.15) is 12.0 Å². The largest absolute Gasteiger partial charge is 0.497 e. The summed E-state index contributed by atoms with van der Waals surface area (Å²) in [4.78, 5) is 13.0. The topological polar surface area (TPSA) is 106 Å². The van der Waals surface area contributed by atoms with E-state index in [0.29, 0.717) is 37.5 Å². The fraction of sp³-hybridized carbons (Fsp3) is 0.304. The van der Waals surface area contributed by atoms with Gasteiger partial charge in [0.15, 0.2) is 0 Å². The second-order valence-corrected chi connectivity index (χ2v) is 7.30. The Labute approximate surface area is 180 Å². The SMILES string of the molecule is COc1ccc2c(c1)C[C@H](C(=O)Nc1ccc(-c3cn[nH]c3)cc1OCCCO)CO2. The summed E-state index contributed by atoms with van der Waals surface area (Å²) < 4.78 is 16.9. The highest BCUT2D eigenvalue weighted by atomic mass is 16.5. The van der Waals surface area contributed by atoms with Gasteiger partial charge >= 0.3 is 0 Å². The normalized spacial score (nSPS) is 15.0. The minimum absolute atomic E-state index is 0.0331. The zero-order valence-corrected chi connectivity index (χ0v) is 17.3. The van der Waals surface area contributed by atoms with E-state index in [1.807, 2.05) is 36.4 Å². The van der Waals surface area contributed by atoms with Gasteiger partial charge in [-0.05, 0) is 47.9 Å². The van der Waals surface area contributed by atoms with E-state index in [0.717, 1.165) is 28.2 Å². The fourth-order valence-electron chi connectivity index (χ4n) is 3.48. The van der Waals surface area contributed by atoms with E-state index < -0.39 is 0 Å². The zero-order valence-electron chi connectivity index (χ0n) is 17.3. The van der Waals surface area contributed by atoms with E-state index in [1.54, 1.807) is 19.5 Å². The van der Waals surface area contributed by atoms with Gasteiger partial charge in [-0.2, -0.15) is 5.10 Å². The monoisotopic (exact) mass is 423 g/mol. The number of hydrogen-bond donors (Lipinski definition) is 3. The van der Waals surface area contributed by atoms with Crippen LogP contribution in [0.15, 0.2) is 48.8 Å². The molecule has 4 rings (SSSR count). The molecule has 2 aromatic carbocycles. The van der Waals surface area contributed by atoms with Gasteiger partial charge in [0.05, 0.1) is 31.5 Å². The number of aliphatic hydroxyl groups excluding tert-OH is 1. The van der Waals surface area contributed by atoms with Gasteiger partial charge in [0.25, 0.3) is 0 Å². The van der Waals surface area contributed by atoms with Crippen LogP contribution < -0.4 is 19.5 Å². The van der Waals surface area contributed by atoms with Crippen molar-refractivity contribution < 1.29 is 24.1 Å². The number of ether oxygens (including phenoxy) is 3. The lowest BCUT2D eigenvalue weighted by molar-refractivity contribution is -0.121. The molecular weight excluding hydrogens is 398 g/mol. The maximum absolute atomic E-state index is 13.0. The number of benzene rings is 2. The molecule has 0 spiro atoms. The number of amides is 1. The van der Waals surface area contributed by atoms with Gasteiger partial charge < -0.3 is 24.6 Å². The van der Waals surface area contributed by atoms with Crippen molar-refractivity contribution in [2.75, 3.05) is 32.2 Å². The predicted octanol–water partition coefficient (Wildman–Crippen LogP) is 3.04. The molecule has 8 heteroatoms. The zero-order chi connectivity index (χ0) is 21.6. The number of methoxy groups -OCH3 is 1. The Hall–Kier alpha value is -3.52. The van der Waals surface area contributed by atoms with Crippen LogP contribution in [0.5, 0.6) is 17.2 Å². The number of H-pyrrole nitrogens is 1. The summed E-state index contributed by atoms with van der Waals surface area (Å²) in [5.74, 6) is 1.58. The van der Waals surface area contributed by atoms with E-state index in [-0.39, 0.29) is 18.4 Å². The third-order valence-electron chi connectivity index (χ3n) is 5.18. The molecule has 0 fully saturated rings. The van der Waals surface area contributed by atoms with Crippen LogP contribution in [0.3, 0.4) is 0 Å². The fourth-order valence-corrected chi connectivity index (χ4v) is 3.48. The Morgan fingerprint density at radius 3 is 2.97 bits per heavy atom. The highest BCUT2D eigenvalue weighted by molar-refractivity contribution is 5.95. The van der Waals surface area contributed by atoms with E-state index in [2.05, 4.69) is 15.5 Å². The first-order valence-electron chi connectivity index (χ1n) is 10.2. The van der Waals surface area contributed by atoms with Gasteiger partial charge in [0.1, 0.15) is 23.9 Å². The lowest BCUT2D eigenvalue weighted by Gasteiger charge is -2.25. The standard InChI is InChI=1S/C23H25N3O5/c1-29-19-4-6-21-16(10-19)9-17(14-31-21)23(28)26-20-5-3-15(18-12-24-25-13-18)11-22(20)30-8-2-7-27/h3-6,10-13,17,27H,2,7-9,14H2,1H3,(H,24,25)(H,26,28)/t17-/m0/s1. The molecule has 2 heterocycles. The minimum atomic E-state index is -0.335. The molecule has 0 bridgehead atoms. The van der Waals surface area contributed by atoms with Gasteiger partial charge in [-0.1, -0.05) is 6.07 Å². The van der Waals surface area contributed by atoms with Crippen LogP contribution in [0, 0.1) is 5.92 Å². The lowest BCUT2D eigenvalue weighted by atomic mass is 9.95. The number of nitrogens with zero attached hydrogens (tertiary/aromatic N) is 1. The average Bonchev–Trinajstić information content (AvgIpc) is 3.34. The second-order valence-electron chi connectivity index (χ2n) is 7.30. The third-order valence-corrected chi connectivity index (χ3v) is 5.18. The molecule has 1 aliphatic rings. The van der Waals surface area contributed by atoms with Gasteiger partial charge in [0.2, 0.25) is 5.91 Å². The molecule has 1 amide bonds. The summed E-state index contributed by atoms with van der Waals surface area (Å²) >= 11 is 0. The molecule has 0 saturated heterocycles. The van der Waals surface area contributed by atoms with Gasteiger partial charge in [-0.25, -0.2) is 0 Å². The first kappa shape index (κ1) is 20.7. The van der Waals surface area contributed by atoms with Gasteiger partial charge in [-0.3, -0.25) is 9.89 Å². The Kier molecular flexibility index (Phi) is 6.37. The Balaban J connectivity index is 1.51. The van der Waals surface area contributed by atoms with Crippen molar-refractivity contribution in [2.24, 2.45) is 5.92 Å². The third kappa shape index (κ3) is 4.80. The first-order chi connectivity index (χ1) is 15.2. The molecule has 0 saturated carbocycles. The summed E-state index contributed by atoms with van der Waals surface area (Å²) in [7, 11) is 1.61. The van der Waals surface area contributed by atoms with Crippen molar-refractivity contribution in [1.29, 1.82) is 0 Å². The Morgan fingerprint density at radius 1 is 1.29 bits per heavy atom. The predicted molar refractivity (Wildman–Crippen MR) is 116 cm³/mol. The maximum atomic E-state index is 13.0. The summed E-state index contributed by atoms with van der Waals surface area (Å²) in [6.45, 7) is 0.679. The summed E-state index contributed by atoms with van der Waals surface area (Å²) in [5, 5.41) is 18.8. The van der Waals surface area contributed by atoms with Crippen LogP contribution in [0.2, 0.25) is 0 Å². The number of carbonyl (C=O) groups is 1. The smallest absolute Gasteiger partial charge is 0.231 e. The second kappa shape index (κ2) is 9.53. The van der Waals surface area contributed by atoms with Crippen LogP contribution >= 0.6 is 0 Å². The van der Waals surface area contributed by atoms with Crippen molar-refractivity contribution >= 4 is 11.6 Å². The number of aliphatic hydroxyl groups is 1. The van der Waals surface area contributed by atoms with Gasteiger partial charge in [-0.15, -0.1) is 0 Å². The summed E-state index contributed by atoms with van der Waals surface area (Å²) in [6, 6.07) is 11.2. The molecule has 31 heavy (non-hydrogen) atoms. The number of aromatic amines is 1. The summed E-state index contributed by atoms with van der Waals surface area (Å²) in [6.07, 6.45) is 4.57. The molecule has 3 aromatic rings. The Morgan fingerprint density at radius 2 is 2.19 bits per heavy atom. The first-order valence-corrected chi connectivity index (χ1v) is 10.2. The minimum Gasteiger partial charge on any atom is -0.497 e. The van der Waals surface area contributed by atoms with E-state index in [1.165, 1.54) is 0 Å². The van der Waals surface area contributed by atoms with Gasteiger partial charge in [0, 0.05) is 24.8 Å². The number of rotatable bonds is 8. The van der Waals surface area contributed by atoms with Crippen molar-refractivity contribution in [3.63, 3.8) is 0 Å². The maximum Gasteiger partial charge on any atom is 0.231 e. The number of carbonyl (C=O) groups excluding carboxylic acids is 1. The van der Waals surface area contributed by atoms with Crippen molar-refractivity contribution in [2.45, 2.75) is 12.8 Å². The van der Waals surface area contributed by atoms with Crippen LogP contribution in [-0.2, 0) is 11.2 Å². The van der Waals surface area contributed by atoms with Crippen molar-refractivity contribution in [3.05, 3.63) is 54.4 Å². The molecule has 162 valence electrons. The molecule has 1 aromatic heterocycles. The molecule has 1 aliphatic heterocycles. The quantitative estimate of drug-likeness (QED) is 0.481. The average molecular weight is 423 g/mol. The number of nitrogens with one attached hydrogen (secondary N) is 2. The Bertz CT molecular complexity index is 1040. The van der Waals surface area contributed by atoms with E-state index >= 15 is 0 Å². The number of aromatic nitrogens is 2. The molecule has 1 atom stereocenters. The number of anilines is 1. The molecular formula is C23H25N3O5.